The number of carbonyl (C=O) groups is 5. The summed E-state index contributed by atoms with van der Waals surface area (Å²) < 4.78 is 5.53. The molecule has 1 saturated heterocycles. The van der Waals surface area contributed by atoms with Crippen molar-refractivity contribution >= 4 is 29.5 Å². The minimum Gasteiger partial charge on any atom is -0.483 e. The maximum Gasteiger partial charge on any atom is 0.266 e. The number of amides is 5. The lowest BCUT2D eigenvalue weighted by molar-refractivity contribution is -0.136. The number of piperidine rings is 1. The van der Waals surface area contributed by atoms with Crippen LogP contribution in [-0.2, 0) is 14.4 Å². The largest absolute Gasteiger partial charge is 0.483 e. The van der Waals surface area contributed by atoms with E-state index in [2.05, 4.69) is 5.32 Å². The fourth-order valence-corrected chi connectivity index (χ4v) is 3.31. The normalized spacial score (nSPS) is 18.6. The molecule has 0 bridgehead atoms. The summed E-state index contributed by atoms with van der Waals surface area (Å²) >= 11 is 0. The van der Waals surface area contributed by atoms with Crippen molar-refractivity contribution in [2.24, 2.45) is 5.73 Å². The molecule has 1 aromatic rings. The van der Waals surface area contributed by atoms with E-state index in [1.54, 1.807) is 7.05 Å². The van der Waals surface area contributed by atoms with Gasteiger partial charge < -0.3 is 15.4 Å². The van der Waals surface area contributed by atoms with Gasteiger partial charge in [0.05, 0.1) is 11.1 Å². The number of rotatable bonds is 7. The third-order valence-electron chi connectivity index (χ3n) is 4.90. The SMILES string of the molecule is CN(CCCN)C(=O)COc1cccc2c1C(=O)N(C1CCC(=O)NC1=O)C2=O. The number of ether oxygens (including phenoxy) is 1. The fraction of sp³-hybridized carbons (Fsp3) is 0.421. The van der Waals surface area contributed by atoms with Crippen LogP contribution in [-0.4, -0.2) is 72.1 Å². The highest BCUT2D eigenvalue weighted by molar-refractivity contribution is 6.24. The number of nitrogens with two attached hydrogens (primary N) is 1. The average Bonchev–Trinajstić information content (AvgIpc) is 2.95. The summed E-state index contributed by atoms with van der Waals surface area (Å²) in [4.78, 5) is 63.6. The molecule has 0 saturated carbocycles. The predicted molar refractivity (Wildman–Crippen MR) is 99.9 cm³/mol. The highest BCUT2D eigenvalue weighted by Gasteiger charge is 2.46. The van der Waals surface area contributed by atoms with Crippen molar-refractivity contribution in [2.45, 2.75) is 25.3 Å². The molecule has 29 heavy (non-hydrogen) atoms. The second-order valence-corrected chi connectivity index (χ2v) is 6.87. The third kappa shape index (κ3) is 3.97. The van der Waals surface area contributed by atoms with E-state index in [0.29, 0.717) is 19.5 Å². The van der Waals surface area contributed by atoms with Crippen LogP contribution in [0.4, 0.5) is 0 Å². The van der Waals surface area contributed by atoms with Gasteiger partial charge in [-0.2, -0.15) is 0 Å². The summed E-state index contributed by atoms with van der Waals surface area (Å²) in [5, 5.41) is 2.14. The van der Waals surface area contributed by atoms with E-state index in [0.717, 1.165) is 4.90 Å². The first-order valence-electron chi connectivity index (χ1n) is 9.26. The Morgan fingerprint density at radius 3 is 2.72 bits per heavy atom. The van der Waals surface area contributed by atoms with Gasteiger partial charge in [0.25, 0.3) is 17.7 Å². The van der Waals surface area contributed by atoms with Gasteiger partial charge in [0.1, 0.15) is 11.8 Å². The van der Waals surface area contributed by atoms with Crippen molar-refractivity contribution in [1.29, 1.82) is 0 Å². The van der Waals surface area contributed by atoms with Gasteiger partial charge >= 0.3 is 0 Å². The zero-order valence-electron chi connectivity index (χ0n) is 16.0. The Hall–Kier alpha value is -3.27. The molecular formula is C19H22N4O6. The molecule has 2 aliphatic heterocycles. The Bertz CT molecular complexity index is 883. The van der Waals surface area contributed by atoms with Crippen LogP contribution in [0.5, 0.6) is 5.75 Å². The molecule has 0 aromatic heterocycles. The topological polar surface area (TPSA) is 139 Å². The number of imide groups is 2. The Kier molecular flexibility index (Phi) is 5.92. The number of likely N-dealkylation sites (N-methyl/N-ethyl adjacent to an activating group) is 1. The molecule has 1 atom stereocenters. The first-order valence-corrected chi connectivity index (χ1v) is 9.26. The molecule has 1 aromatic carbocycles. The van der Waals surface area contributed by atoms with Crippen LogP contribution < -0.4 is 15.8 Å². The minimum atomic E-state index is -1.06. The van der Waals surface area contributed by atoms with Crippen LogP contribution in [0.1, 0.15) is 40.0 Å². The van der Waals surface area contributed by atoms with Crippen molar-refractivity contribution < 1.29 is 28.7 Å². The summed E-state index contributed by atoms with van der Waals surface area (Å²) in [6, 6.07) is 3.43. The van der Waals surface area contributed by atoms with E-state index >= 15 is 0 Å². The standard InChI is InChI=1S/C19H22N4O6/c1-22(9-3-8-20)15(25)10-29-13-5-2-4-11-16(13)19(28)23(18(11)27)12-6-7-14(24)21-17(12)26/h2,4-5,12H,3,6-10,20H2,1H3,(H,21,24,26). The van der Waals surface area contributed by atoms with Crippen molar-refractivity contribution in [3.05, 3.63) is 29.3 Å². The summed E-state index contributed by atoms with van der Waals surface area (Å²) in [5.74, 6) is -2.64. The number of fused-ring (bicyclic) bond motifs is 1. The van der Waals surface area contributed by atoms with Gasteiger partial charge in [0.15, 0.2) is 6.61 Å². The molecule has 154 valence electrons. The Balaban J connectivity index is 1.77. The predicted octanol–water partition coefficient (Wildman–Crippen LogP) is -0.726. The molecular weight excluding hydrogens is 380 g/mol. The second kappa shape index (κ2) is 8.39. The summed E-state index contributed by atoms with van der Waals surface area (Å²) in [6.07, 6.45) is 0.754. The average molecular weight is 402 g/mol. The lowest BCUT2D eigenvalue weighted by Gasteiger charge is -2.27. The Morgan fingerprint density at radius 2 is 2.03 bits per heavy atom. The summed E-state index contributed by atoms with van der Waals surface area (Å²) in [7, 11) is 1.62. The Labute approximate surface area is 166 Å². The van der Waals surface area contributed by atoms with Crippen molar-refractivity contribution in [2.75, 3.05) is 26.7 Å². The minimum absolute atomic E-state index is 0.0135. The Morgan fingerprint density at radius 1 is 1.28 bits per heavy atom. The molecule has 10 nitrogen and oxygen atoms in total. The molecule has 5 amide bonds. The number of carbonyl (C=O) groups excluding carboxylic acids is 5. The molecule has 3 N–H and O–H groups in total. The maximum atomic E-state index is 12.9. The molecule has 1 unspecified atom stereocenters. The first kappa shape index (κ1) is 20.5. The van der Waals surface area contributed by atoms with E-state index in [9.17, 15) is 24.0 Å². The molecule has 0 spiro atoms. The van der Waals surface area contributed by atoms with E-state index in [1.807, 2.05) is 0 Å². The van der Waals surface area contributed by atoms with Crippen molar-refractivity contribution in [1.82, 2.24) is 15.1 Å². The highest BCUT2D eigenvalue weighted by atomic mass is 16.5. The van der Waals surface area contributed by atoms with Gasteiger partial charge in [0.2, 0.25) is 11.8 Å². The van der Waals surface area contributed by atoms with Gasteiger partial charge in [-0.15, -0.1) is 0 Å². The number of benzene rings is 1. The summed E-state index contributed by atoms with van der Waals surface area (Å²) in [6.45, 7) is 0.626. The van der Waals surface area contributed by atoms with Crippen molar-refractivity contribution in [3.63, 3.8) is 0 Å². The highest BCUT2D eigenvalue weighted by Crippen LogP contribution is 2.33. The van der Waals surface area contributed by atoms with Crippen LogP contribution in [0.2, 0.25) is 0 Å². The smallest absolute Gasteiger partial charge is 0.266 e. The number of hydrogen-bond donors (Lipinski definition) is 2. The van der Waals surface area contributed by atoms with Gasteiger partial charge in [0, 0.05) is 20.0 Å². The van der Waals surface area contributed by atoms with E-state index < -0.39 is 29.7 Å². The van der Waals surface area contributed by atoms with Crippen LogP contribution in [0.25, 0.3) is 0 Å². The van der Waals surface area contributed by atoms with Crippen LogP contribution >= 0.6 is 0 Å². The number of nitrogens with one attached hydrogen (secondary N) is 1. The molecule has 0 radical (unpaired) electrons. The molecule has 3 rings (SSSR count). The zero-order valence-corrected chi connectivity index (χ0v) is 16.0. The lowest BCUT2D eigenvalue weighted by atomic mass is 10.0. The third-order valence-corrected chi connectivity index (χ3v) is 4.90. The molecule has 0 aliphatic carbocycles. The van der Waals surface area contributed by atoms with Crippen molar-refractivity contribution in [3.8, 4) is 5.75 Å². The van der Waals surface area contributed by atoms with E-state index in [1.165, 1.54) is 23.1 Å². The van der Waals surface area contributed by atoms with Crippen LogP contribution in [0.3, 0.4) is 0 Å². The number of nitrogens with zero attached hydrogens (tertiary/aromatic N) is 2. The monoisotopic (exact) mass is 402 g/mol. The second-order valence-electron chi connectivity index (χ2n) is 6.87. The molecule has 1 fully saturated rings. The fourth-order valence-electron chi connectivity index (χ4n) is 3.31. The van der Waals surface area contributed by atoms with E-state index in [4.69, 9.17) is 10.5 Å². The maximum absolute atomic E-state index is 12.9. The van der Waals surface area contributed by atoms with Gasteiger partial charge in [-0.25, -0.2) is 0 Å². The number of hydrogen-bond acceptors (Lipinski definition) is 7. The molecule has 10 heteroatoms. The van der Waals surface area contributed by atoms with Crippen LogP contribution in [0.15, 0.2) is 18.2 Å². The van der Waals surface area contributed by atoms with Gasteiger partial charge in [-0.3, -0.25) is 34.2 Å². The van der Waals surface area contributed by atoms with Gasteiger partial charge in [-0.1, -0.05) is 6.07 Å². The quantitative estimate of drug-likeness (QED) is 0.574. The summed E-state index contributed by atoms with van der Waals surface area (Å²) in [5.41, 5.74) is 5.55. The van der Waals surface area contributed by atoms with Crippen LogP contribution in [0, 0.1) is 0 Å². The molecule has 2 aliphatic rings. The zero-order chi connectivity index (χ0) is 21.1. The first-order chi connectivity index (χ1) is 13.8. The molecule has 2 heterocycles. The van der Waals surface area contributed by atoms with Gasteiger partial charge in [-0.05, 0) is 31.5 Å². The van der Waals surface area contributed by atoms with E-state index in [-0.39, 0.29) is 42.2 Å². The lowest BCUT2D eigenvalue weighted by Crippen LogP contribution is -2.54.